The van der Waals surface area contributed by atoms with Crippen LogP contribution in [0.1, 0.15) is 23.2 Å². The van der Waals surface area contributed by atoms with Gasteiger partial charge in [0.05, 0.1) is 10.6 Å². The summed E-state index contributed by atoms with van der Waals surface area (Å²) in [5.41, 5.74) is 0.381. The Morgan fingerprint density at radius 1 is 1.58 bits per heavy atom. The van der Waals surface area contributed by atoms with Crippen molar-refractivity contribution in [1.29, 1.82) is 0 Å². The fraction of sp³-hybridized carbons (Fsp3) is 0.500. The van der Waals surface area contributed by atoms with Crippen molar-refractivity contribution >= 4 is 17.5 Å². The molecule has 2 N–H and O–H groups in total. The first-order valence-corrected chi connectivity index (χ1v) is 6.92. The highest BCUT2D eigenvalue weighted by atomic mass is 35.5. The summed E-state index contributed by atoms with van der Waals surface area (Å²) in [5.74, 6) is 0.456. The predicted octanol–water partition coefficient (Wildman–Crippen LogP) is 2.12. The first-order valence-electron chi connectivity index (χ1n) is 6.54. The van der Waals surface area contributed by atoms with Crippen LogP contribution in [0.4, 0.5) is 0 Å². The molecule has 1 aromatic carbocycles. The Labute approximate surface area is 118 Å². The molecule has 1 aromatic rings. The van der Waals surface area contributed by atoms with E-state index in [1.807, 2.05) is 11.9 Å². The number of carbonyl (C=O) groups excluding carboxylic acids is 1. The quantitative estimate of drug-likeness (QED) is 0.893. The van der Waals surface area contributed by atoms with Crippen LogP contribution in [-0.2, 0) is 0 Å². The number of phenols is 1. The minimum absolute atomic E-state index is 0.0662. The van der Waals surface area contributed by atoms with Crippen LogP contribution in [0.5, 0.6) is 5.75 Å². The molecule has 5 heteroatoms. The molecule has 0 bridgehead atoms. The fourth-order valence-corrected chi connectivity index (χ4v) is 2.75. The average Bonchev–Trinajstić information content (AvgIpc) is 2.41. The predicted molar refractivity (Wildman–Crippen MR) is 75.7 cm³/mol. The summed E-state index contributed by atoms with van der Waals surface area (Å²) in [6.45, 7) is 2.41. The third kappa shape index (κ3) is 3.39. The molecule has 0 saturated carbocycles. The molecule has 1 aliphatic heterocycles. The third-order valence-corrected chi connectivity index (χ3v) is 3.81. The lowest BCUT2D eigenvalue weighted by atomic mass is 9.97. The summed E-state index contributed by atoms with van der Waals surface area (Å²) in [7, 11) is 1.92. The zero-order valence-electron chi connectivity index (χ0n) is 11.0. The lowest BCUT2D eigenvalue weighted by Gasteiger charge is -2.33. The monoisotopic (exact) mass is 282 g/mol. The number of piperidine rings is 1. The molecule has 1 fully saturated rings. The lowest BCUT2D eigenvalue weighted by molar-refractivity contribution is 0.0674. The Bertz CT molecular complexity index is 463. The molecular weight excluding hydrogens is 264 g/mol. The van der Waals surface area contributed by atoms with Crippen molar-refractivity contribution in [3.8, 4) is 5.75 Å². The number of likely N-dealkylation sites (tertiary alicyclic amines) is 1. The minimum atomic E-state index is -0.0956. The maximum atomic E-state index is 12.4. The van der Waals surface area contributed by atoms with Gasteiger partial charge in [0, 0.05) is 13.1 Å². The minimum Gasteiger partial charge on any atom is -0.508 e. The van der Waals surface area contributed by atoms with Gasteiger partial charge in [-0.2, -0.15) is 0 Å². The van der Waals surface area contributed by atoms with Crippen molar-refractivity contribution in [2.45, 2.75) is 12.8 Å². The van der Waals surface area contributed by atoms with Crippen LogP contribution in [0.2, 0.25) is 5.02 Å². The van der Waals surface area contributed by atoms with Crippen molar-refractivity contribution in [3.05, 3.63) is 28.8 Å². The molecule has 4 nitrogen and oxygen atoms in total. The topological polar surface area (TPSA) is 52.6 Å². The molecule has 0 spiro atoms. The number of phenolic OH excluding ortho intramolecular Hbond substituents is 1. The Kier molecular flexibility index (Phi) is 4.66. The van der Waals surface area contributed by atoms with E-state index in [9.17, 15) is 9.90 Å². The van der Waals surface area contributed by atoms with Gasteiger partial charge in [-0.15, -0.1) is 0 Å². The second kappa shape index (κ2) is 6.26. The summed E-state index contributed by atoms with van der Waals surface area (Å²) in [6, 6.07) is 4.48. The molecule has 1 atom stereocenters. The third-order valence-electron chi connectivity index (χ3n) is 3.48. The zero-order chi connectivity index (χ0) is 13.8. The van der Waals surface area contributed by atoms with Gasteiger partial charge < -0.3 is 15.3 Å². The number of nitrogens with zero attached hydrogens (tertiary/aromatic N) is 1. The molecule has 1 heterocycles. The van der Waals surface area contributed by atoms with Gasteiger partial charge in [-0.3, -0.25) is 4.79 Å². The van der Waals surface area contributed by atoms with E-state index in [1.165, 1.54) is 12.1 Å². The van der Waals surface area contributed by atoms with E-state index in [1.54, 1.807) is 6.07 Å². The van der Waals surface area contributed by atoms with Gasteiger partial charge in [0.15, 0.2) is 0 Å². The molecule has 104 valence electrons. The summed E-state index contributed by atoms with van der Waals surface area (Å²) < 4.78 is 0. The van der Waals surface area contributed by atoms with Crippen molar-refractivity contribution in [3.63, 3.8) is 0 Å². The fourth-order valence-electron chi connectivity index (χ4n) is 2.55. The van der Waals surface area contributed by atoms with Crippen LogP contribution < -0.4 is 5.32 Å². The molecule has 2 rings (SSSR count). The van der Waals surface area contributed by atoms with Gasteiger partial charge >= 0.3 is 0 Å². The Morgan fingerprint density at radius 2 is 2.37 bits per heavy atom. The van der Waals surface area contributed by atoms with Gasteiger partial charge in [-0.1, -0.05) is 11.6 Å². The molecule has 0 aliphatic carbocycles. The molecule has 1 aliphatic rings. The Balaban J connectivity index is 2.12. The first-order chi connectivity index (χ1) is 9.11. The molecular formula is C14H19ClN2O2. The highest BCUT2D eigenvalue weighted by Crippen LogP contribution is 2.25. The van der Waals surface area contributed by atoms with E-state index in [4.69, 9.17) is 11.6 Å². The SMILES string of the molecule is CNCC1CCCN(C(=O)c2cc(O)ccc2Cl)C1. The van der Waals surface area contributed by atoms with E-state index in [-0.39, 0.29) is 11.7 Å². The molecule has 1 saturated heterocycles. The number of carbonyl (C=O) groups is 1. The van der Waals surface area contributed by atoms with Crippen molar-refractivity contribution in [2.24, 2.45) is 5.92 Å². The maximum Gasteiger partial charge on any atom is 0.255 e. The van der Waals surface area contributed by atoms with Gasteiger partial charge in [0.2, 0.25) is 0 Å². The largest absolute Gasteiger partial charge is 0.508 e. The van der Waals surface area contributed by atoms with Crippen molar-refractivity contribution in [2.75, 3.05) is 26.7 Å². The van der Waals surface area contributed by atoms with Crippen molar-refractivity contribution < 1.29 is 9.90 Å². The normalized spacial score (nSPS) is 19.5. The molecule has 0 aromatic heterocycles. The van der Waals surface area contributed by atoms with E-state index in [0.29, 0.717) is 16.5 Å². The van der Waals surface area contributed by atoms with Crippen LogP contribution in [0, 0.1) is 5.92 Å². The van der Waals surface area contributed by atoms with Crippen molar-refractivity contribution in [1.82, 2.24) is 10.2 Å². The second-order valence-electron chi connectivity index (χ2n) is 4.98. The smallest absolute Gasteiger partial charge is 0.255 e. The first kappa shape index (κ1) is 14.2. The van der Waals surface area contributed by atoms with Crippen LogP contribution in [0.15, 0.2) is 18.2 Å². The number of hydrogen-bond acceptors (Lipinski definition) is 3. The van der Waals surface area contributed by atoms with E-state index < -0.39 is 0 Å². The summed E-state index contributed by atoms with van der Waals surface area (Å²) in [4.78, 5) is 14.3. The second-order valence-corrected chi connectivity index (χ2v) is 5.39. The summed E-state index contributed by atoms with van der Waals surface area (Å²) in [6.07, 6.45) is 2.15. The molecule has 1 amide bonds. The van der Waals surface area contributed by atoms with E-state index >= 15 is 0 Å². The number of halogens is 1. The molecule has 19 heavy (non-hydrogen) atoms. The van der Waals surface area contributed by atoms with Crippen LogP contribution in [0.3, 0.4) is 0 Å². The number of hydrogen-bond donors (Lipinski definition) is 2. The summed E-state index contributed by atoms with van der Waals surface area (Å²) >= 11 is 6.04. The van der Waals surface area contributed by atoms with Gasteiger partial charge in [0.25, 0.3) is 5.91 Å². The standard InChI is InChI=1S/C14H19ClN2O2/c1-16-8-10-3-2-6-17(9-10)14(19)12-7-11(18)4-5-13(12)15/h4-5,7,10,16,18H,2-3,6,8-9H2,1H3. The number of aromatic hydroxyl groups is 1. The zero-order valence-corrected chi connectivity index (χ0v) is 11.8. The van der Waals surface area contributed by atoms with Gasteiger partial charge in [-0.05, 0) is 50.6 Å². The van der Waals surface area contributed by atoms with Gasteiger partial charge in [0.1, 0.15) is 5.75 Å². The van der Waals surface area contributed by atoms with Crippen LogP contribution in [0.25, 0.3) is 0 Å². The Hall–Kier alpha value is -1.26. The number of nitrogens with one attached hydrogen (secondary N) is 1. The highest BCUT2D eigenvalue weighted by Gasteiger charge is 2.25. The summed E-state index contributed by atoms with van der Waals surface area (Å²) in [5, 5.41) is 13.0. The van der Waals surface area contributed by atoms with Crippen LogP contribution >= 0.6 is 11.6 Å². The van der Waals surface area contributed by atoms with E-state index in [2.05, 4.69) is 5.32 Å². The van der Waals surface area contributed by atoms with Gasteiger partial charge in [-0.25, -0.2) is 0 Å². The highest BCUT2D eigenvalue weighted by molar-refractivity contribution is 6.33. The average molecular weight is 283 g/mol. The van der Waals surface area contributed by atoms with E-state index in [0.717, 1.165) is 32.5 Å². The molecule has 0 radical (unpaired) electrons. The Morgan fingerprint density at radius 3 is 3.11 bits per heavy atom. The lowest BCUT2D eigenvalue weighted by Crippen LogP contribution is -2.42. The maximum absolute atomic E-state index is 12.4. The number of amides is 1. The van der Waals surface area contributed by atoms with Crippen LogP contribution in [-0.4, -0.2) is 42.6 Å². The molecule has 1 unspecified atom stereocenters. The number of rotatable bonds is 3. The number of benzene rings is 1.